The first-order valence-electron chi connectivity index (χ1n) is 11.6. The topological polar surface area (TPSA) is 72.9 Å². The van der Waals surface area contributed by atoms with Gasteiger partial charge in [-0.15, -0.1) is 24.0 Å². The van der Waals surface area contributed by atoms with E-state index in [9.17, 15) is 4.79 Å². The minimum absolute atomic E-state index is 0. The van der Waals surface area contributed by atoms with Crippen molar-refractivity contribution in [1.82, 2.24) is 20.5 Å². The van der Waals surface area contributed by atoms with Crippen molar-refractivity contribution in [3.63, 3.8) is 0 Å². The quantitative estimate of drug-likeness (QED) is 0.328. The maximum absolute atomic E-state index is 12.2. The molecule has 0 aliphatic carbocycles. The van der Waals surface area contributed by atoms with Crippen LogP contribution in [0.3, 0.4) is 0 Å². The number of halogens is 1. The molecule has 0 saturated carbocycles. The summed E-state index contributed by atoms with van der Waals surface area (Å²) in [5.74, 6) is 2.17. The molecule has 31 heavy (non-hydrogen) atoms. The molecule has 3 heterocycles. The second kappa shape index (κ2) is 13.1. The fourth-order valence-corrected chi connectivity index (χ4v) is 4.12. The smallest absolute Gasteiger partial charge is 0.225 e. The van der Waals surface area contributed by atoms with E-state index in [4.69, 9.17) is 4.99 Å². The summed E-state index contributed by atoms with van der Waals surface area (Å²) in [5.41, 5.74) is 1.11. The zero-order chi connectivity index (χ0) is 21.3. The van der Waals surface area contributed by atoms with Crippen LogP contribution in [0.5, 0.6) is 0 Å². The fraction of sp³-hybridized carbons (Fsp3) is 0.696. The van der Waals surface area contributed by atoms with E-state index in [0.29, 0.717) is 6.54 Å². The molecule has 7 nitrogen and oxygen atoms in total. The highest BCUT2D eigenvalue weighted by Gasteiger charge is 2.27. The number of hydrogen-bond donors (Lipinski definition) is 2. The van der Waals surface area contributed by atoms with E-state index in [0.717, 1.165) is 56.5 Å². The summed E-state index contributed by atoms with van der Waals surface area (Å²) in [6, 6.07) is 4.51. The molecule has 2 aliphatic rings. The Morgan fingerprint density at radius 1 is 1.19 bits per heavy atom. The third-order valence-electron chi connectivity index (χ3n) is 5.84. The molecule has 2 fully saturated rings. The molecular weight excluding hydrogens is 503 g/mol. The van der Waals surface area contributed by atoms with Crippen molar-refractivity contribution in [2.75, 3.05) is 37.6 Å². The van der Waals surface area contributed by atoms with Crippen LogP contribution in [0.2, 0.25) is 0 Å². The van der Waals surface area contributed by atoms with Crippen LogP contribution in [0.4, 0.5) is 5.82 Å². The van der Waals surface area contributed by atoms with Crippen molar-refractivity contribution >= 4 is 41.7 Å². The van der Waals surface area contributed by atoms with Crippen LogP contribution in [0, 0.1) is 5.92 Å². The van der Waals surface area contributed by atoms with Gasteiger partial charge in [-0.1, -0.05) is 32.8 Å². The van der Waals surface area contributed by atoms with E-state index in [1.54, 1.807) is 0 Å². The number of pyridine rings is 1. The molecule has 1 aromatic heterocycles. The van der Waals surface area contributed by atoms with Crippen LogP contribution in [0.15, 0.2) is 23.3 Å². The predicted octanol–water partition coefficient (Wildman–Crippen LogP) is 3.39. The van der Waals surface area contributed by atoms with Gasteiger partial charge in [0.2, 0.25) is 5.91 Å². The summed E-state index contributed by atoms with van der Waals surface area (Å²) >= 11 is 0. The minimum atomic E-state index is 0. The van der Waals surface area contributed by atoms with Crippen LogP contribution < -0.4 is 15.5 Å². The predicted molar refractivity (Wildman–Crippen MR) is 138 cm³/mol. The van der Waals surface area contributed by atoms with Gasteiger partial charge in [-0.2, -0.15) is 0 Å². The van der Waals surface area contributed by atoms with E-state index < -0.39 is 0 Å². The van der Waals surface area contributed by atoms with Crippen LogP contribution in [-0.4, -0.2) is 60.5 Å². The second-order valence-electron chi connectivity index (χ2n) is 8.69. The zero-order valence-electron chi connectivity index (χ0n) is 19.3. The number of aliphatic imine (C=N–C) groups is 1. The highest BCUT2D eigenvalue weighted by molar-refractivity contribution is 14.0. The van der Waals surface area contributed by atoms with Crippen LogP contribution in [-0.2, 0) is 11.3 Å². The van der Waals surface area contributed by atoms with Gasteiger partial charge in [0.05, 0.1) is 6.54 Å². The molecule has 3 rings (SSSR count). The number of nitrogens with zero attached hydrogens (tertiary/aromatic N) is 4. The van der Waals surface area contributed by atoms with Gasteiger partial charge in [-0.25, -0.2) is 9.98 Å². The van der Waals surface area contributed by atoms with Crippen molar-refractivity contribution in [1.29, 1.82) is 0 Å². The second-order valence-corrected chi connectivity index (χ2v) is 8.69. The van der Waals surface area contributed by atoms with E-state index in [-0.39, 0.29) is 41.8 Å². The average molecular weight is 543 g/mol. The molecule has 0 bridgehead atoms. The lowest BCUT2D eigenvalue weighted by atomic mass is 10.2. The standard InChI is InChI=1S/C23H38N6O.HI/c1-4-24-23(27-20-11-14-29(17-20)22(30)18(2)3)26-16-19-9-10-21(25-15-19)28-12-7-5-6-8-13-28;/h9-10,15,18,20H,4-8,11-14,16-17H2,1-3H3,(H2,24,26,27);1H. The number of likely N-dealkylation sites (tertiary alicyclic amines) is 1. The summed E-state index contributed by atoms with van der Waals surface area (Å²) in [4.78, 5) is 26.0. The molecule has 2 saturated heterocycles. The maximum atomic E-state index is 12.2. The van der Waals surface area contributed by atoms with Gasteiger partial charge < -0.3 is 20.4 Å². The van der Waals surface area contributed by atoms with Crippen molar-refractivity contribution in [2.24, 2.45) is 10.9 Å². The summed E-state index contributed by atoms with van der Waals surface area (Å²) in [7, 11) is 0. The lowest BCUT2D eigenvalue weighted by Gasteiger charge is -2.21. The number of rotatable bonds is 6. The van der Waals surface area contributed by atoms with Gasteiger partial charge in [0, 0.05) is 50.9 Å². The highest BCUT2D eigenvalue weighted by atomic mass is 127. The maximum Gasteiger partial charge on any atom is 0.225 e. The van der Waals surface area contributed by atoms with Gasteiger partial charge >= 0.3 is 0 Å². The number of carbonyl (C=O) groups excluding carboxylic acids is 1. The Kier molecular flexibility index (Phi) is 10.8. The largest absolute Gasteiger partial charge is 0.357 e. The SMILES string of the molecule is CCNC(=NCc1ccc(N2CCCCCC2)nc1)NC1CCN(C(=O)C(C)C)C1.I. The molecule has 0 spiro atoms. The van der Waals surface area contributed by atoms with Crippen LogP contribution >= 0.6 is 24.0 Å². The molecule has 1 unspecified atom stereocenters. The summed E-state index contributed by atoms with van der Waals surface area (Å²) in [6.45, 7) is 11.2. The van der Waals surface area contributed by atoms with Gasteiger partial charge in [-0.3, -0.25) is 4.79 Å². The van der Waals surface area contributed by atoms with Crippen molar-refractivity contribution < 1.29 is 4.79 Å². The first-order valence-corrected chi connectivity index (χ1v) is 11.6. The summed E-state index contributed by atoms with van der Waals surface area (Å²) in [6.07, 6.45) is 8.07. The van der Waals surface area contributed by atoms with Crippen LogP contribution in [0.25, 0.3) is 0 Å². The molecule has 2 aliphatic heterocycles. The Labute approximate surface area is 204 Å². The van der Waals surface area contributed by atoms with E-state index in [1.807, 2.05) is 24.9 Å². The van der Waals surface area contributed by atoms with Gasteiger partial charge in [-0.05, 0) is 37.8 Å². The van der Waals surface area contributed by atoms with E-state index in [1.165, 1.54) is 25.7 Å². The molecule has 1 amide bonds. The third-order valence-corrected chi connectivity index (χ3v) is 5.84. The third kappa shape index (κ3) is 7.80. The zero-order valence-corrected chi connectivity index (χ0v) is 21.6. The van der Waals surface area contributed by atoms with Crippen molar-refractivity contribution in [3.05, 3.63) is 23.9 Å². The van der Waals surface area contributed by atoms with Gasteiger partial charge in [0.25, 0.3) is 0 Å². The Hall–Kier alpha value is -1.58. The van der Waals surface area contributed by atoms with Crippen molar-refractivity contribution in [3.8, 4) is 0 Å². The Balaban J connectivity index is 0.00000341. The van der Waals surface area contributed by atoms with E-state index in [2.05, 4.69) is 39.6 Å². The first kappa shape index (κ1) is 25.7. The number of amides is 1. The molecule has 1 atom stereocenters. The Morgan fingerprint density at radius 3 is 2.55 bits per heavy atom. The summed E-state index contributed by atoms with van der Waals surface area (Å²) in [5, 5.41) is 6.82. The lowest BCUT2D eigenvalue weighted by Crippen LogP contribution is -2.45. The van der Waals surface area contributed by atoms with Crippen molar-refractivity contribution in [2.45, 2.75) is 65.5 Å². The number of aromatic nitrogens is 1. The molecule has 1 aromatic rings. The minimum Gasteiger partial charge on any atom is -0.357 e. The van der Waals surface area contributed by atoms with Gasteiger partial charge in [0.15, 0.2) is 5.96 Å². The molecule has 2 N–H and O–H groups in total. The molecule has 0 radical (unpaired) electrons. The Morgan fingerprint density at radius 2 is 1.94 bits per heavy atom. The number of anilines is 1. The van der Waals surface area contributed by atoms with Crippen LogP contribution in [0.1, 0.15) is 58.4 Å². The monoisotopic (exact) mass is 542 g/mol. The Bertz CT molecular complexity index is 701. The fourth-order valence-electron chi connectivity index (χ4n) is 4.12. The normalized spacial score (nSPS) is 19.7. The first-order chi connectivity index (χ1) is 14.6. The summed E-state index contributed by atoms with van der Waals surface area (Å²) < 4.78 is 0. The molecule has 0 aromatic carbocycles. The highest BCUT2D eigenvalue weighted by Crippen LogP contribution is 2.18. The average Bonchev–Trinajstić information content (AvgIpc) is 3.04. The number of carbonyl (C=O) groups is 1. The molecule has 174 valence electrons. The molecule has 8 heteroatoms. The molecular formula is C23H39IN6O. The lowest BCUT2D eigenvalue weighted by molar-refractivity contribution is -0.133. The van der Waals surface area contributed by atoms with Gasteiger partial charge in [0.1, 0.15) is 5.82 Å². The number of hydrogen-bond acceptors (Lipinski definition) is 4. The van der Waals surface area contributed by atoms with E-state index >= 15 is 0 Å². The number of guanidine groups is 1. The number of nitrogens with one attached hydrogen (secondary N) is 2.